The lowest BCUT2D eigenvalue weighted by Gasteiger charge is -2.07. The molecular weight excluding hydrogens is 256 g/mol. The molecule has 0 aliphatic heterocycles. The minimum absolute atomic E-state index is 0.775. The predicted octanol–water partition coefficient (Wildman–Crippen LogP) is 4.36. The zero-order chi connectivity index (χ0) is 14.7. The Balaban J connectivity index is 1.91. The summed E-state index contributed by atoms with van der Waals surface area (Å²) in [5.41, 5.74) is 10.7. The van der Waals surface area contributed by atoms with Gasteiger partial charge in [0.25, 0.3) is 0 Å². The number of unbranched alkanes of at least 4 members (excludes halogenated alkanes) is 1. The van der Waals surface area contributed by atoms with Gasteiger partial charge in [-0.25, -0.2) is 0 Å². The van der Waals surface area contributed by atoms with Crippen LogP contribution in [-0.2, 0) is 6.54 Å². The summed E-state index contributed by atoms with van der Waals surface area (Å²) in [6.07, 6.45) is 4.40. The van der Waals surface area contributed by atoms with E-state index in [4.69, 9.17) is 5.73 Å². The Morgan fingerprint density at radius 2 is 1.81 bits per heavy atom. The molecule has 0 unspecified atom stereocenters. The fourth-order valence-corrected chi connectivity index (χ4v) is 2.83. The number of hydrogen-bond acceptors (Lipinski definition) is 1. The van der Waals surface area contributed by atoms with Crippen LogP contribution in [0.25, 0.3) is 22.0 Å². The zero-order valence-electron chi connectivity index (χ0n) is 12.5. The van der Waals surface area contributed by atoms with Crippen LogP contribution in [0.3, 0.4) is 0 Å². The van der Waals surface area contributed by atoms with Crippen LogP contribution in [0.15, 0.2) is 54.7 Å². The minimum atomic E-state index is 0.775. The van der Waals surface area contributed by atoms with Gasteiger partial charge in [0.1, 0.15) is 0 Å². The molecule has 2 aromatic carbocycles. The number of aromatic nitrogens is 1. The molecule has 0 atom stereocenters. The SMILES string of the molecule is Cc1cccc(-c2ccc3c(ccn3CCCCN)c2)c1. The van der Waals surface area contributed by atoms with E-state index in [2.05, 4.69) is 66.2 Å². The van der Waals surface area contributed by atoms with Crippen LogP contribution in [0, 0.1) is 6.92 Å². The Bertz CT molecular complexity index is 740. The van der Waals surface area contributed by atoms with E-state index >= 15 is 0 Å². The van der Waals surface area contributed by atoms with Crippen LogP contribution in [0.1, 0.15) is 18.4 Å². The van der Waals surface area contributed by atoms with Gasteiger partial charge >= 0.3 is 0 Å². The van der Waals surface area contributed by atoms with Gasteiger partial charge in [0.05, 0.1) is 0 Å². The van der Waals surface area contributed by atoms with Gasteiger partial charge in [-0.15, -0.1) is 0 Å². The molecule has 108 valence electrons. The first-order chi connectivity index (χ1) is 10.3. The molecule has 0 aliphatic rings. The van der Waals surface area contributed by atoms with Gasteiger partial charge in [0.15, 0.2) is 0 Å². The summed E-state index contributed by atoms with van der Waals surface area (Å²) in [6.45, 7) is 3.96. The van der Waals surface area contributed by atoms with E-state index in [1.807, 2.05) is 0 Å². The van der Waals surface area contributed by atoms with Gasteiger partial charge in [-0.05, 0) is 55.6 Å². The third kappa shape index (κ3) is 3.01. The first kappa shape index (κ1) is 13.9. The van der Waals surface area contributed by atoms with Crippen LogP contribution in [0.5, 0.6) is 0 Å². The Morgan fingerprint density at radius 3 is 2.62 bits per heavy atom. The molecule has 21 heavy (non-hydrogen) atoms. The van der Waals surface area contributed by atoms with E-state index < -0.39 is 0 Å². The lowest BCUT2D eigenvalue weighted by Crippen LogP contribution is -2.02. The molecule has 0 amide bonds. The first-order valence-corrected chi connectivity index (χ1v) is 7.64. The molecule has 0 saturated heterocycles. The van der Waals surface area contributed by atoms with Gasteiger partial charge in [-0.1, -0.05) is 35.9 Å². The molecule has 0 bridgehead atoms. The lowest BCUT2D eigenvalue weighted by molar-refractivity contribution is 0.630. The molecule has 0 saturated carbocycles. The largest absolute Gasteiger partial charge is 0.347 e. The smallest absolute Gasteiger partial charge is 0.0480 e. The standard InChI is InChI=1S/C19H22N2/c1-15-5-4-6-16(13-15)17-7-8-19-18(14-17)9-12-21(19)11-3-2-10-20/h4-9,12-14H,2-3,10-11,20H2,1H3. The molecule has 2 heteroatoms. The Morgan fingerprint density at radius 1 is 0.952 bits per heavy atom. The van der Waals surface area contributed by atoms with Crippen molar-refractivity contribution in [3.63, 3.8) is 0 Å². The van der Waals surface area contributed by atoms with Crippen LogP contribution in [-0.4, -0.2) is 11.1 Å². The molecule has 3 rings (SSSR count). The second-order valence-corrected chi connectivity index (χ2v) is 5.65. The van der Waals surface area contributed by atoms with Gasteiger partial charge in [-0.2, -0.15) is 0 Å². The first-order valence-electron chi connectivity index (χ1n) is 7.64. The number of benzene rings is 2. The third-order valence-corrected chi connectivity index (χ3v) is 3.98. The zero-order valence-corrected chi connectivity index (χ0v) is 12.5. The summed E-state index contributed by atoms with van der Waals surface area (Å²) >= 11 is 0. The molecule has 0 radical (unpaired) electrons. The summed E-state index contributed by atoms with van der Waals surface area (Å²) in [6, 6.07) is 17.6. The topological polar surface area (TPSA) is 30.9 Å². The van der Waals surface area contributed by atoms with E-state index in [1.165, 1.54) is 27.6 Å². The van der Waals surface area contributed by atoms with Crippen LogP contribution in [0.4, 0.5) is 0 Å². The number of rotatable bonds is 5. The van der Waals surface area contributed by atoms with Gasteiger partial charge in [0, 0.05) is 23.6 Å². The van der Waals surface area contributed by atoms with E-state index in [0.29, 0.717) is 0 Å². The molecule has 2 N–H and O–H groups in total. The number of aryl methyl sites for hydroxylation is 2. The highest BCUT2D eigenvalue weighted by Crippen LogP contribution is 2.26. The van der Waals surface area contributed by atoms with Crippen molar-refractivity contribution in [2.24, 2.45) is 5.73 Å². The average molecular weight is 278 g/mol. The highest BCUT2D eigenvalue weighted by Gasteiger charge is 2.04. The van der Waals surface area contributed by atoms with Crippen molar-refractivity contribution in [2.75, 3.05) is 6.54 Å². The Kier molecular flexibility index (Phi) is 4.07. The number of nitrogens with two attached hydrogens (primary N) is 1. The summed E-state index contributed by atoms with van der Waals surface area (Å²) in [4.78, 5) is 0. The summed E-state index contributed by atoms with van der Waals surface area (Å²) in [5, 5.41) is 1.31. The van der Waals surface area contributed by atoms with Crippen molar-refractivity contribution < 1.29 is 0 Å². The number of hydrogen-bond donors (Lipinski definition) is 1. The Hall–Kier alpha value is -2.06. The molecule has 1 aromatic heterocycles. The summed E-state index contributed by atoms with van der Waals surface area (Å²) < 4.78 is 2.32. The van der Waals surface area contributed by atoms with Gasteiger partial charge in [-0.3, -0.25) is 0 Å². The monoisotopic (exact) mass is 278 g/mol. The molecule has 1 heterocycles. The molecule has 0 fully saturated rings. The maximum atomic E-state index is 5.57. The molecular formula is C19H22N2. The van der Waals surface area contributed by atoms with Crippen LogP contribution < -0.4 is 5.73 Å². The van der Waals surface area contributed by atoms with Crippen LogP contribution >= 0.6 is 0 Å². The number of nitrogens with zero attached hydrogens (tertiary/aromatic N) is 1. The number of fused-ring (bicyclic) bond motifs is 1. The van der Waals surface area contributed by atoms with Gasteiger partial charge < -0.3 is 10.3 Å². The highest BCUT2D eigenvalue weighted by atomic mass is 14.9. The fraction of sp³-hybridized carbons (Fsp3) is 0.263. The van der Waals surface area contributed by atoms with Crippen molar-refractivity contribution in [1.82, 2.24) is 4.57 Å². The molecule has 2 nitrogen and oxygen atoms in total. The van der Waals surface area contributed by atoms with Crippen molar-refractivity contribution in [2.45, 2.75) is 26.3 Å². The van der Waals surface area contributed by atoms with Crippen molar-refractivity contribution in [3.8, 4) is 11.1 Å². The van der Waals surface area contributed by atoms with E-state index in [9.17, 15) is 0 Å². The molecule has 0 spiro atoms. The van der Waals surface area contributed by atoms with E-state index in [-0.39, 0.29) is 0 Å². The van der Waals surface area contributed by atoms with Crippen molar-refractivity contribution in [1.29, 1.82) is 0 Å². The normalized spacial score (nSPS) is 11.1. The minimum Gasteiger partial charge on any atom is -0.347 e. The maximum Gasteiger partial charge on any atom is 0.0480 e. The maximum absolute atomic E-state index is 5.57. The van der Waals surface area contributed by atoms with Gasteiger partial charge in [0.2, 0.25) is 0 Å². The van der Waals surface area contributed by atoms with Crippen molar-refractivity contribution >= 4 is 10.9 Å². The molecule has 3 aromatic rings. The second-order valence-electron chi connectivity index (χ2n) is 5.65. The predicted molar refractivity (Wildman–Crippen MR) is 90.4 cm³/mol. The quantitative estimate of drug-likeness (QED) is 0.691. The summed E-state index contributed by atoms with van der Waals surface area (Å²) in [5.74, 6) is 0. The Labute approximate surface area is 126 Å². The summed E-state index contributed by atoms with van der Waals surface area (Å²) in [7, 11) is 0. The van der Waals surface area contributed by atoms with Crippen molar-refractivity contribution in [3.05, 3.63) is 60.3 Å². The lowest BCUT2D eigenvalue weighted by atomic mass is 10.0. The second kappa shape index (κ2) is 6.15. The van der Waals surface area contributed by atoms with Crippen LogP contribution in [0.2, 0.25) is 0 Å². The third-order valence-electron chi connectivity index (χ3n) is 3.98. The molecule has 0 aliphatic carbocycles. The average Bonchev–Trinajstić information content (AvgIpc) is 2.90. The fourth-order valence-electron chi connectivity index (χ4n) is 2.83. The van der Waals surface area contributed by atoms with E-state index in [1.54, 1.807) is 0 Å². The van der Waals surface area contributed by atoms with E-state index in [0.717, 1.165) is 25.9 Å². The highest BCUT2D eigenvalue weighted by molar-refractivity contribution is 5.85.